The van der Waals surface area contributed by atoms with Crippen LogP contribution in [0, 0.1) is 0 Å². The summed E-state index contributed by atoms with van der Waals surface area (Å²) in [5.41, 5.74) is 7.31. The Balaban J connectivity index is 1.82. The first-order valence-electron chi connectivity index (χ1n) is 7.52. The summed E-state index contributed by atoms with van der Waals surface area (Å²) >= 11 is 0. The molecule has 1 aromatic rings. The van der Waals surface area contributed by atoms with Gasteiger partial charge < -0.3 is 15.6 Å². The van der Waals surface area contributed by atoms with Gasteiger partial charge >= 0.3 is 0 Å². The monoisotopic (exact) mass is 276 g/mol. The molecule has 110 valence electrons. The summed E-state index contributed by atoms with van der Waals surface area (Å²) in [5, 5.41) is 9.93. The van der Waals surface area contributed by atoms with Crippen molar-refractivity contribution in [2.45, 2.75) is 49.9 Å². The lowest BCUT2D eigenvalue weighted by Crippen LogP contribution is -2.48. The first kappa shape index (κ1) is 13.9. The van der Waals surface area contributed by atoms with Crippen molar-refractivity contribution >= 4 is 0 Å². The van der Waals surface area contributed by atoms with Crippen LogP contribution in [-0.4, -0.2) is 41.8 Å². The number of fused-ring (bicyclic) bond motifs is 2. The van der Waals surface area contributed by atoms with E-state index in [1.165, 1.54) is 18.4 Å². The van der Waals surface area contributed by atoms with Crippen molar-refractivity contribution in [3.63, 3.8) is 0 Å². The molecule has 0 saturated carbocycles. The van der Waals surface area contributed by atoms with Gasteiger partial charge in [-0.1, -0.05) is 12.1 Å². The Hall–Kier alpha value is -1.10. The summed E-state index contributed by atoms with van der Waals surface area (Å²) in [6.45, 7) is 0.620. The van der Waals surface area contributed by atoms with E-state index in [0.29, 0.717) is 18.6 Å². The predicted molar refractivity (Wildman–Crippen MR) is 78.7 cm³/mol. The van der Waals surface area contributed by atoms with Crippen LogP contribution in [0.25, 0.3) is 0 Å². The normalized spacial score (nSPS) is 31.2. The minimum atomic E-state index is -0.127. The van der Waals surface area contributed by atoms with Crippen molar-refractivity contribution in [1.29, 1.82) is 0 Å². The summed E-state index contributed by atoms with van der Waals surface area (Å²) in [7, 11) is 1.68. The van der Waals surface area contributed by atoms with E-state index >= 15 is 0 Å². The summed E-state index contributed by atoms with van der Waals surface area (Å²) in [6, 6.07) is 9.45. The first-order chi connectivity index (χ1) is 9.72. The molecule has 20 heavy (non-hydrogen) atoms. The number of aliphatic hydroxyl groups is 1. The number of nitrogens with zero attached hydrogens (tertiary/aromatic N) is 1. The molecule has 0 aromatic heterocycles. The third-order valence-corrected chi connectivity index (χ3v) is 4.85. The molecule has 1 aromatic carbocycles. The highest BCUT2D eigenvalue weighted by atomic mass is 16.5. The van der Waals surface area contributed by atoms with Gasteiger partial charge in [0.2, 0.25) is 0 Å². The largest absolute Gasteiger partial charge is 0.497 e. The highest BCUT2D eigenvalue weighted by Gasteiger charge is 2.43. The zero-order valence-electron chi connectivity index (χ0n) is 12.0. The Morgan fingerprint density at radius 2 is 1.85 bits per heavy atom. The number of piperidine rings is 1. The Morgan fingerprint density at radius 3 is 2.35 bits per heavy atom. The van der Waals surface area contributed by atoms with Crippen molar-refractivity contribution < 1.29 is 9.84 Å². The van der Waals surface area contributed by atoms with Gasteiger partial charge in [-0.05, 0) is 43.4 Å². The van der Waals surface area contributed by atoms with Gasteiger partial charge in [-0.25, -0.2) is 0 Å². The summed E-state index contributed by atoms with van der Waals surface area (Å²) in [6.07, 6.45) is 4.03. The minimum Gasteiger partial charge on any atom is -0.497 e. The maximum Gasteiger partial charge on any atom is 0.118 e. The van der Waals surface area contributed by atoms with E-state index in [1.54, 1.807) is 7.11 Å². The number of hydrogen-bond donors (Lipinski definition) is 2. The predicted octanol–water partition coefficient (Wildman–Crippen LogP) is 1.68. The quantitative estimate of drug-likeness (QED) is 0.878. The Bertz CT molecular complexity index is 434. The molecule has 2 bridgehead atoms. The van der Waals surface area contributed by atoms with Crippen LogP contribution >= 0.6 is 0 Å². The van der Waals surface area contributed by atoms with Crippen molar-refractivity contribution in [1.82, 2.24) is 4.90 Å². The molecular weight excluding hydrogens is 252 g/mol. The molecule has 3 N–H and O–H groups in total. The fraction of sp³-hybridized carbons (Fsp3) is 0.625. The number of hydrogen-bond acceptors (Lipinski definition) is 4. The van der Waals surface area contributed by atoms with Crippen LogP contribution in [0.1, 0.15) is 37.3 Å². The molecule has 3 rings (SSSR count). The molecule has 0 radical (unpaired) electrons. The smallest absolute Gasteiger partial charge is 0.118 e. The number of ether oxygens (including phenoxy) is 1. The standard InChI is InChI=1S/C16H24N2O2/c1-20-15-6-2-11(3-7-15)16(10-17)18-12-4-5-13(18)9-14(19)8-12/h2-3,6-7,12-14,16,19H,4-5,8-10,17H2,1H3. The van der Waals surface area contributed by atoms with Gasteiger partial charge in [0.1, 0.15) is 5.75 Å². The van der Waals surface area contributed by atoms with Crippen LogP contribution in [0.15, 0.2) is 24.3 Å². The Labute approximate surface area is 120 Å². The number of benzene rings is 1. The van der Waals surface area contributed by atoms with E-state index < -0.39 is 0 Å². The topological polar surface area (TPSA) is 58.7 Å². The molecule has 3 atom stereocenters. The zero-order chi connectivity index (χ0) is 14.1. The van der Waals surface area contributed by atoms with E-state index in [-0.39, 0.29) is 12.1 Å². The van der Waals surface area contributed by atoms with Gasteiger partial charge in [-0.15, -0.1) is 0 Å². The van der Waals surface area contributed by atoms with Crippen molar-refractivity contribution in [3.8, 4) is 5.75 Å². The number of aliphatic hydroxyl groups excluding tert-OH is 1. The van der Waals surface area contributed by atoms with E-state index in [9.17, 15) is 5.11 Å². The maximum atomic E-state index is 9.93. The van der Waals surface area contributed by atoms with E-state index in [4.69, 9.17) is 10.5 Å². The molecule has 2 heterocycles. The van der Waals surface area contributed by atoms with Crippen LogP contribution in [0.5, 0.6) is 5.75 Å². The SMILES string of the molecule is COc1ccc(C(CN)N2C3CCC2CC(O)C3)cc1. The van der Waals surface area contributed by atoms with Crippen molar-refractivity contribution in [3.05, 3.63) is 29.8 Å². The minimum absolute atomic E-state index is 0.127. The maximum absolute atomic E-state index is 9.93. The highest BCUT2D eigenvalue weighted by Crippen LogP contribution is 2.41. The van der Waals surface area contributed by atoms with E-state index in [0.717, 1.165) is 18.6 Å². The average Bonchev–Trinajstić information content (AvgIpc) is 2.73. The fourth-order valence-electron chi connectivity index (χ4n) is 3.95. The van der Waals surface area contributed by atoms with Crippen LogP contribution < -0.4 is 10.5 Å². The van der Waals surface area contributed by atoms with E-state index in [1.807, 2.05) is 12.1 Å². The van der Waals surface area contributed by atoms with Gasteiger partial charge in [0, 0.05) is 24.7 Å². The fourth-order valence-corrected chi connectivity index (χ4v) is 3.95. The highest BCUT2D eigenvalue weighted by molar-refractivity contribution is 5.30. The lowest BCUT2D eigenvalue weighted by atomic mass is 9.94. The lowest BCUT2D eigenvalue weighted by molar-refractivity contribution is 0.0115. The molecule has 4 heteroatoms. The van der Waals surface area contributed by atoms with Crippen molar-refractivity contribution in [2.75, 3.05) is 13.7 Å². The van der Waals surface area contributed by atoms with Crippen molar-refractivity contribution in [2.24, 2.45) is 5.73 Å². The van der Waals surface area contributed by atoms with Crippen LogP contribution in [-0.2, 0) is 0 Å². The molecular formula is C16H24N2O2. The first-order valence-corrected chi connectivity index (χ1v) is 7.52. The zero-order valence-corrected chi connectivity index (χ0v) is 12.0. The Kier molecular flexibility index (Phi) is 3.96. The van der Waals surface area contributed by atoms with Gasteiger partial charge in [-0.2, -0.15) is 0 Å². The third-order valence-electron chi connectivity index (χ3n) is 4.85. The van der Waals surface area contributed by atoms with Gasteiger partial charge in [0.15, 0.2) is 0 Å². The molecule has 0 amide bonds. The Morgan fingerprint density at radius 1 is 1.25 bits per heavy atom. The van der Waals surface area contributed by atoms with Crippen LogP contribution in [0.4, 0.5) is 0 Å². The average molecular weight is 276 g/mol. The lowest BCUT2D eigenvalue weighted by Gasteiger charge is -2.42. The second-order valence-electron chi connectivity index (χ2n) is 5.98. The molecule has 3 unspecified atom stereocenters. The second-order valence-corrected chi connectivity index (χ2v) is 5.98. The summed E-state index contributed by atoms with van der Waals surface area (Å²) in [4.78, 5) is 2.55. The number of rotatable bonds is 4. The molecule has 0 spiro atoms. The summed E-state index contributed by atoms with van der Waals surface area (Å²) in [5.74, 6) is 0.876. The molecule has 2 aliphatic heterocycles. The molecule has 2 saturated heterocycles. The summed E-state index contributed by atoms with van der Waals surface area (Å²) < 4.78 is 5.22. The number of methoxy groups -OCH3 is 1. The van der Waals surface area contributed by atoms with Gasteiger partial charge in [0.05, 0.1) is 13.2 Å². The molecule has 0 aliphatic carbocycles. The van der Waals surface area contributed by atoms with Gasteiger partial charge in [0.25, 0.3) is 0 Å². The second kappa shape index (κ2) is 5.72. The molecule has 2 aliphatic rings. The molecule has 2 fully saturated rings. The van der Waals surface area contributed by atoms with Crippen LogP contribution in [0.2, 0.25) is 0 Å². The number of nitrogens with two attached hydrogens (primary N) is 1. The third kappa shape index (κ3) is 2.43. The molecule has 4 nitrogen and oxygen atoms in total. The van der Waals surface area contributed by atoms with Crippen LogP contribution in [0.3, 0.4) is 0 Å². The van der Waals surface area contributed by atoms with Gasteiger partial charge in [-0.3, -0.25) is 4.90 Å². The van der Waals surface area contributed by atoms with E-state index in [2.05, 4.69) is 17.0 Å².